The van der Waals surface area contributed by atoms with Crippen molar-refractivity contribution in [1.82, 2.24) is 15.2 Å². The highest BCUT2D eigenvalue weighted by atomic mass is 16.2. The Morgan fingerprint density at radius 1 is 1.23 bits per heavy atom. The van der Waals surface area contributed by atoms with Crippen molar-refractivity contribution in [1.29, 1.82) is 5.26 Å². The molecule has 1 N–H and O–H groups in total. The van der Waals surface area contributed by atoms with Crippen LogP contribution in [0, 0.1) is 11.3 Å². The van der Waals surface area contributed by atoms with Gasteiger partial charge < -0.3 is 15.1 Å². The summed E-state index contributed by atoms with van der Waals surface area (Å²) in [5, 5.41) is 12.6. The smallest absolute Gasteiger partial charge is 0.236 e. The molecule has 0 spiro atoms. The van der Waals surface area contributed by atoms with Crippen LogP contribution in [-0.2, 0) is 17.8 Å². The molecule has 0 radical (unpaired) electrons. The molecule has 1 aliphatic heterocycles. The number of aromatic nitrogens is 1. The van der Waals surface area contributed by atoms with E-state index in [1.807, 2.05) is 4.90 Å². The SMILES string of the molecule is CCCCc1ccc(CNCC(=O)N2CCN(c3ncccc3C#N)C(C)C2)cc1. The molecular weight excluding hydrogens is 374 g/mol. The number of carbonyl (C=O) groups is 1. The molecule has 1 saturated heterocycles. The van der Waals surface area contributed by atoms with E-state index in [0.29, 0.717) is 44.1 Å². The summed E-state index contributed by atoms with van der Waals surface area (Å²) in [6.07, 6.45) is 5.26. The van der Waals surface area contributed by atoms with Gasteiger partial charge >= 0.3 is 0 Å². The number of benzene rings is 1. The number of aryl methyl sites for hydroxylation is 1. The van der Waals surface area contributed by atoms with Gasteiger partial charge in [-0.25, -0.2) is 4.98 Å². The zero-order valence-electron chi connectivity index (χ0n) is 18.0. The van der Waals surface area contributed by atoms with E-state index < -0.39 is 0 Å². The molecule has 2 heterocycles. The highest BCUT2D eigenvalue weighted by molar-refractivity contribution is 5.78. The standard InChI is InChI=1S/C24H31N5O/c1-3-4-6-20-8-10-21(11-9-20)16-26-17-23(30)28-13-14-29(19(2)18-28)24-22(15-25)7-5-12-27-24/h5,7-12,19,26H,3-4,6,13-14,16-18H2,1-2H3. The Morgan fingerprint density at radius 2 is 2.00 bits per heavy atom. The lowest BCUT2D eigenvalue weighted by molar-refractivity contribution is -0.131. The van der Waals surface area contributed by atoms with Crippen molar-refractivity contribution >= 4 is 11.7 Å². The quantitative estimate of drug-likeness (QED) is 0.731. The van der Waals surface area contributed by atoms with Crippen LogP contribution in [0.1, 0.15) is 43.4 Å². The Labute approximate surface area is 179 Å². The molecule has 1 aromatic carbocycles. The number of nitrogens with zero attached hydrogens (tertiary/aromatic N) is 4. The number of nitrogens with one attached hydrogen (secondary N) is 1. The molecule has 0 bridgehead atoms. The molecule has 0 aliphatic carbocycles. The summed E-state index contributed by atoms with van der Waals surface area (Å²) in [6.45, 7) is 7.25. The van der Waals surface area contributed by atoms with Crippen molar-refractivity contribution in [3.05, 3.63) is 59.3 Å². The predicted octanol–water partition coefficient (Wildman–Crippen LogP) is 3.12. The monoisotopic (exact) mass is 405 g/mol. The van der Waals surface area contributed by atoms with E-state index in [2.05, 4.69) is 59.4 Å². The molecule has 6 heteroatoms. The number of piperazine rings is 1. The van der Waals surface area contributed by atoms with Gasteiger partial charge in [-0.15, -0.1) is 0 Å². The molecule has 1 atom stereocenters. The van der Waals surface area contributed by atoms with Crippen molar-refractivity contribution in [2.75, 3.05) is 31.1 Å². The van der Waals surface area contributed by atoms with E-state index in [4.69, 9.17) is 0 Å². The minimum atomic E-state index is 0.111. The van der Waals surface area contributed by atoms with Gasteiger partial charge in [0, 0.05) is 38.4 Å². The van der Waals surface area contributed by atoms with Gasteiger partial charge in [0.25, 0.3) is 0 Å². The number of hydrogen-bond acceptors (Lipinski definition) is 5. The summed E-state index contributed by atoms with van der Waals surface area (Å²) in [5.74, 6) is 0.822. The number of amides is 1. The fourth-order valence-corrected chi connectivity index (χ4v) is 3.84. The summed E-state index contributed by atoms with van der Waals surface area (Å²) < 4.78 is 0. The molecule has 30 heavy (non-hydrogen) atoms. The van der Waals surface area contributed by atoms with Crippen molar-refractivity contribution < 1.29 is 4.79 Å². The second-order valence-corrected chi connectivity index (χ2v) is 7.89. The first-order valence-corrected chi connectivity index (χ1v) is 10.8. The normalized spacial score (nSPS) is 16.4. The third kappa shape index (κ3) is 5.58. The van der Waals surface area contributed by atoms with Crippen LogP contribution in [0.4, 0.5) is 5.82 Å². The zero-order chi connectivity index (χ0) is 21.3. The molecule has 0 saturated carbocycles. The maximum absolute atomic E-state index is 12.6. The molecule has 1 aromatic heterocycles. The van der Waals surface area contributed by atoms with E-state index in [-0.39, 0.29) is 11.9 Å². The number of hydrogen-bond donors (Lipinski definition) is 1. The Balaban J connectivity index is 1.46. The molecule has 1 fully saturated rings. The third-order valence-electron chi connectivity index (χ3n) is 5.61. The van der Waals surface area contributed by atoms with Crippen LogP contribution in [0.2, 0.25) is 0 Å². The second kappa shape index (κ2) is 10.7. The summed E-state index contributed by atoms with van der Waals surface area (Å²) >= 11 is 0. The van der Waals surface area contributed by atoms with Gasteiger partial charge in [0.15, 0.2) is 0 Å². The van der Waals surface area contributed by atoms with Gasteiger partial charge in [0.2, 0.25) is 5.91 Å². The van der Waals surface area contributed by atoms with Crippen LogP contribution in [0.15, 0.2) is 42.6 Å². The van der Waals surface area contributed by atoms with Crippen LogP contribution in [0.3, 0.4) is 0 Å². The number of carbonyl (C=O) groups excluding carboxylic acids is 1. The topological polar surface area (TPSA) is 72.3 Å². The second-order valence-electron chi connectivity index (χ2n) is 7.89. The number of rotatable bonds is 8. The number of anilines is 1. The van der Waals surface area contributed by atoms with E-state index >= 15 is 0 Å². The van der Waals surface area contributed by atoms with E-state index in [9.17, 15) is 10.1 Å². The fraction of sp³-hybridized carbons (Fsp3) is 0.458. The minimum absolute atomic E-state index is 0.111. The van der Waals surface area contributed by atoms with Crippen LogP contribution in [-0.4, -0.2) is 48.0 Å². The summed E-state index contributed by atoms with van der Waals surface area (Å²) in [7, 11) is 0. The van der Waals surface area contributed by atoms with Crippen molar-refractivity contribution in [3.63, 3.8) is 0 Å². The summed E-state index contributed by atoms with van der Waals surface area (Å²) in [5.41, 5.74) is 3.14. The van der Waals surface area contributed by atoms with E-state index in [0.717, 1.165) is 6.42 Å². The molecule has 1 amide bonds. The number of pyridine rings is 1. The van der Waals surface area contributed by atoms with Crippen molar-refractivity contribution in [3.8, 4) is 6.07 Å². The highest BCUT2D eigenvalue weighted by Gasteiger charge is 2.28. The molecule has 1 aliphatic rings. The van der Waals surface area contributed by atoms with Crippen LogP contribution in [0.5, 0.6) is 0 Å². The third-order valence-corrected chi connectivity index (χ3v) is 5.61. The number of nitriles is 1. The maximum Gasteiger partial charge on any atom is 0.236 e. The Kier molecular flexibility index (Phi) is 7.81. The largest absolute Gasteiger partial charge is 0.349 e. The van der Waals surface area contributed by atoms with Gasteiger partial charge in [-0.2, -0.15) is 5.26 Å². The highest BCUT2D eigenvalue weighted by Crippen LogP contribution is 2.21. The minimum Gasteiger partial charge on any atom is -0.349 e. The maximum atomic E-state index is 12.6. The van der Waals surface area contributed by atoms with Crippen molar-refractivity contribution in [2.24, 2.45) is 0 Å². The lowest BCUT2D eigenvalue weighted by Gasteiger charge is -2.40. The Morgan fingerprint density at radius 3 is 2.70 bits per heavy atom. The van der Waals surface area contributed by atoms with E-state index in [1.54, 1.807) is 18.3 Å². The van der Waals surface area contributed by atoms with Gasteiger partial charge in [0.05, 0.1) is 12.1 Å². The molecule has 6 nitrogen and oxygen atoms in total. The lowest BCUT2D eigenvalue weighted by Crippen LogP contribution is -2.55. The molecular formula is C24H31N5O. The first kappa shape index (κ1) is 21.8. The van der Waals surface area contributed by atoms with Crippen LogP contribution in [0.25, 0.3) is 0 Å². The first-order chi connectivity index (χ1) is 14.6. The molecule has 2 aromatic rings. The van der Waals surface area contributed by atoms with Gasteiger partial charge in [-0.05, 0) is 43.0 Å². The van der Waals surface area contributed by atoms with Gasteiger partial charge in [0.1, 0.15) is 11.9 Å². The average molecular weight is 406 g/mol. The summed E-state index contributed by atoms with van der Waals surface area (Å²) in [6, 6.07) is 14.5. The number of unbranched alkanes of at least 4 members (excludes halogenated alkanes) is 1. The fourth-order valence-electron chi connectivity index (χ4n) is 3.84. The van der Waals surface area contributed by atoms with Gasteiger partial charge in [-0.1, -0.05) is 37.6 Å². The molecule has 158 valence electrons. The Bertz CT molecular complexity index is 874. The average Bonchev–Trinajstić information content (AvgIpc) is 2.78. The van der Waals surface area contributed by atoms with Crippen LogP contribution < -0.4 is 10.2 Å². The first-order valence-electron chi connectivity index (χ1n) is 10.8. The lowest BCUT2D eigenvalue weighted by atomic mass is 10.1. The molecule has 1 unspecified atom stereocenters. The Hall–Kier alpha value is -2.91. The van der Waals surface area contributed by atoms with Crippen molar-refractivity contribution in [2.45, 2.75) is 45.7 Å². The van der Waals surface area contributed by atoms with E-state index in [1.165, 1.54) is 24.0 Å². The van der Waals surface area contributed by atoms with Crippen LogP contribution >= 0.6 is 0 Å². The predicted molar refractivity (Wildman–Crippen MR) is 119 cm³/mol. The van der Waals surface area contributed by atoms with Gasteiger partial charge in [-0.3, -0.25) is 4.79 Å². The molecule has 3 rings (SSSR count). The summed E-state index contributed by atoms with van der Waals surface area (Å²) in [4.78, 5) is 21.1. The zero-order valence-corrected chi connectivity index (χ0v) is 18.0.